The van der Waals surface area contributed by atoms with Crippen LogP contribution in [0.3, 0.4) is 0 Å². The normalized spacial score (nSPS) is 26.8. The standard InChI is InChI=1S/C21H34O2S/c1-9-13-21(8)16(11-12-17(21)22)15(14-20(6,7)10-2)18(23)24-19(3,4)5/h9-10,13,15-16H,2,11-12,14H2,1,3-8H3/b13-9+/t15-,16-,21-/m1/s1. The molecule has 1 aliphatic carbocycles. The van der Waals surface area contributed by atoms with Gasteiger partial charge in [-0.2, -0.15) is 0 Å². The maximum Gasteiger partial charge on any atom is 0.192 e. The van der Waals surface area contributed by atoms with E-state index in [0.29, 0.717) is 6.42 Å². The Morgan fingerprint density at radius 3 is 2.42 bits per heavy atom. The van der Waals surface area contributed by atoms with E-state index in [9.17, 15) is 9.59 Å². The van der Waals surface area contributed by atoms with E-state index in [0.717, 1.165) is 12.8 Å². The fraction of sp³-hybridized carbons (Fsp3) is 0.714. The topological polar surface area (TPSA) is 34.1 Å². The van der Waals surface area contributed by atoms with Gasteiger partial charge in [0.2, 0.25) is 0 Å². The van der Waals surface area contributed by atoms with Gasteiger partial charge in [-0.05, 0) is 38.0 Å². The summed E-state index contributed by atoms with van der Waals surface area (Å²) in [5.41, 5.74) is -0.647. The van der Waals surface area contributed by atoms with E-state index in [-0.39, 0.29) is 32.9 Å². The van der Waals surface area contributed by atoms with Crippen molar-refractivity contribution in [1.82, 2.24) is 0 Å². The van der Waals surface area contributed by atoms with E-state index in [1.54, 1.807) is 0 Å². The van der Waals surface area contributed by atoms with Gasteiger partial charge in [0.15, 0.2) is 5.12 Å². The first-order valence-electron chi connectivity index (χ1n) is 8.90. The lowest BCUT2D eigenvalue weighted by molar-refractivity contribution is -0.125. The Morgan fingerprint density at radius 2 is 1.96 bits per heavy atom. The zero-order chi connectivity index (χ0) is 18.8. The molecule has 0 aromatic rings. The Morgan fingerprint density at radius 1 is 1.38 bits per heavy atom. The predicted molar refractivity (Wildman–Crippen MR) is 105 cm³/mol. The van der Waals surface area contributed by atoms with Crippen molar-refractivity contribution in [3.05, 3.63) is 24.8 Å². The molecule has 1 saturated carbocycles. The van der Waals surface area contributed by atoms with Gasteiger partial charge in [0.05, 0.1) is 0 Å². The summed E-state index contributed by atoms with van der Waals surface area (Å²) in [4.78, 5) is 25.7. The van der Waals surface area contributed by atoms with Crippen LogP contribution in [0.2, 0.25) is 0 Å². The van der Waals surface area contributed by atoms with Crippen LogP contribution in [0.1, 0.15) is 67.7 Å². The molecule has 3 heteroatoms. The lowest BCUT2D eigenvalue weighted by atomic mass is 9.68. The molecule has 1 rings (SSSR count). The van der Waals surface area contributed by atoms with Crippen molar-refractivity contribution in [1.29, 1.82) is 0 Å². The van der Waals surface area contributed by atoms with Gasteiger partial charge < -0.3 is 0 Å². The van der Waals surface area contributed by atoms with Crippen molar-refractivity contribution in [2.75, 3.05) is 0 Å². The van der Waals surface area contributed by atoms with Crippen LogP contribution in [0.25, 0.3) is 0 Å². The Balaban J connectivity index is 3.24. The molecule has 0 bridgehead atoms. The third-order valence-corrected chi connectivity index (χ3v) is 6.18. The second kappa shape index (κ2) is 7.59. The van der Waals surface area contributed by atoms with Gasteiger partial charge in [0, 0.05) is 22.5 Å². The summed E-state index contributed by atoms with van der Waals surface area (Å²) in [5.74, 6) is 0.207. The monoisotopic (exact) mass is 350 g/mol. The summed E-state index contributed by atoms with van der Waals surface area (Å²) in [6.45, 7) is 18.3. The summed E-state index contributed by atoms with van der Waals surface area (Å²) in [5, 5.41) is 0.216. The summed E-state index contributed by atoms with van der Waals surface area (Å²) >= 11 is 1.41. The van der Waals surface area contributed by atoms with E-state index < -0.39 is 5.41 Å². The van der Waals surface area contributed by atoms with Gasteiger partial charge in [0.25, 0.3) is 0 Å². The second-order valence-corrected chi connectivity index (χ2v) is 10.7. The number of rotatable bonds is 6. The van der Waals surface area contributed by atoms with Gasteiger partial charge in [0.1, 0.15) is 5.78 Å². The van der Waals surface area contributed by atoms with Crippen LogP contribution < -0.4 is 0 Å². The molecular formula is C21H34O2S. The predicted octanol–water partition coefficient (Wildman–Crippen LogP) is 5.82. The van der Waals surface area contributed by atoms with Crippen molar-refractivity contribution in [2.45, 2.75) is 72.5 Å². The number of allylic oxidation sites excluding steroid dienone is 3. The number of thioether (sulfide) groups is 1. The van der Waals surface area contributed by atoms with Gasteiger partial charge in [-0.25, -0.2) is 0 Å². The maximum absolute atomic E-state index is 13.1. The van der Waals surface area contributed by atoms with Crippen LogP contribution in [0.4, 0.5) is 0 Å². The van der Waals surface area contributed by atoms with Crippen LogP contribution >= 0.6 is 11.8 Å². The lowest BCUT2D eigenvalue weighted by Crippen LogP contribution is -2.37. The molecule has 2 nitrogen and oxygen atoms in total. The number of carbonyl (C=O) groups is 2. The molecule has 0 N–H and O–H groups in total. The van der Waals surface area contributed by atoms with Crippen molar-refractivity contribution >= 4 is 22.7 Å². The third-order valence-electron chi connectivity index (χ3n) is 5.06. The SMILES string of the molecule is C=CC(C)(C)C[C@@H](C(=O)SC(C)(C)C)[C@H]1CCC(=O)[C@]1(C)/C=C/C. The van der Waals surface area contributed by atoms with Crippen molar-refractivity contribution in [2.24, 2.45) is 22.7 Å². The molecule has 1 fully saturated rings. The fourth-order valence-electron chi connectivity index (χ4n) is 3.66. The molecular weight excluding hydrogens is 316 g/mol. The molecule has 0 aliphatic heterocycles. The number of ketones is 1. The first-order valence-corrected chi connectivity index (χ1v) is 9.71. The minimum Gasteiger partial charge on any atom is -0.299 e. The van der Waals surface area contributed by atoms with Crippen LogP contribution in [0, 0.1) is 22.7 Å². The second-order valence-electron chi connectivity index (χ2n) is 8.89. The van der Waals surface area contributed by atoms with E-state index in [4.69, 9.17) is 0 Å². The van der Waals surface area contributed by atoms with Crippen LogP contribution in [0.5, 0.6) is 0 Å². The smallest absolute Gasteiger partial charge is 0.192 e. The lowest BCUT2D eigenvalue weighted by Gasteiger charge is -2.37. The molecule has 0 heterocycles. The highest BCUT2D eigenvalue weighted by molar-refractivity contribution is 8.14. The molecule has 0 aromatic carbocycles. The highest BCUT2D eigenvalue weighted by Crippen LogP contribution is 2.50. The Bertz CT molecular complexity index is 524. The van der Waals surface area contributed by atoms with Gasteiger partial charge >= 0.3 is 0 Å². The highest BCUT2D eigenvalue weighted by atomic mass is 32.2. The highest BCUT2D eigenvalue weighted by Gasteiger charge is 2.50. The van der Waals surface area contributed by atoms with Crippen molar-refractivity contribution < 1.29 is 9.59 Å². The Labute approximate surface area is 152 Å². The number of hydrogen-bond acceptors (Lipinski definition) is 3. The average molecular weight is 351 g/mol. The summed E-state index contributed by atoms with van der Waals surface area (Å²) in [6, 6.07) is 0. The van der Waals surface area contributed by atoms with Crippen LogP contribution in [-0.2, 0) is 9.59 Å². The minimum absolute atomic E-state index is 0.0720. The molecule has 0 radical (unpaired) electrons. The molecule has 3 atom stereocenters. The minimum atomic E-state index is -0.523. The third kappa shape index (κ3) is 5.08. The first kappa shape index (κ1) is 21.2. The van der Waals surface area contributed by atoms with Crippen LogP contribution in [0.15, 0.2) is 24.8 Å². The number of carbonyl (C=O) groups excluding carboxylic acids is 2. The summed E-state index contributed by atoms with van der Waals surface area (Å²) in [6.07, 6.45) is 8.00. The molecule has 0 unspecified atom stereocenters. The zero-order valence-electron chi connectivity index (χ0n) is 16.4. The quantitative estimate of drug-likeness (QED) is 0.566. The molecule has 136 valence electrons. The van der Waals surface area contributed by atoms with Gasteiger partial charge in [-0.3, -0.25) is 9.59 Å². The number of hydrogen-bond donors (Lipinski definition) is 0. The maximum atomic E-state index is 13.1. The van der Waals surface area contributed by atoms with Gasteiger partial charge in [-0.1, -0.05) is 64.6 Å². The summed E-state index contributed by atoms with van der Waals surface area (Å²) < 4.78 is -0.118. The first-order chi connectivity index (χ1) is 10.9. The molecule has 0 saturated heterocycles. The molecule has 24 heavy (non-hydrogen) atoms. The zero-order valence-corrected chi connectivity index (χ0v) is 17.3. The Kier molecular flexibility index (Phi) is 6.71. The summed E-state index contributed by atoms with van der Waals surface area (Å²) in [7, 11) is 0. The van der Waals surface area contributed by atoms with Crippen LogP contribution in [-0.4, -0.2) is 15.6 Å². The van der Waals surface area contributed by atoms with E-state index in [2.05, 4.69) is 41.2 Å². The fourth-order valence-corrected chi connectivity index (χ4v) is 4.66. The van der Waals surface area contributed by atoms with Gasteiger partial charge in [-0.15, -0.1) is 6.58 Å². The van der Waals surface area contributed by atoms with Crippen molar-refractivity contribution in [3.8, 4) is 0 Å². The molecule has 0 spiro atoms. The van der Waals surface area contributed by atoms with Crippen molar-refractivity contribution in [3.63, 3.8) is 0 Å². The molecule has 1 aliphatic rings. The van der Waals surface area contributed by atoms with E-state index >= 15 is 0 Å². The van der Waals surface area contributed by atoms with E-state index in [1.807, 2.05) is 32.1 Å². The molecule has 0 aromatic heterocycles. The Hall–Kier alpha value is -0.830. The number of Topliss-reactive ketones (excluding diaryl/α,β-unsaturated/α-hetero) is 1. The molecule has 0 amide bonds. The van der Waals surface area contributed by atoms with E-state index in [1.165, 1.54) is 11.8 Å². The largest absolute Gasteiger partial charge is 0.299 e. The average Bonchev–Trinajstić information content (AvgIpc) is 2.71.